The molecule has 1 aliphatic rings. The number of hydrogen-bond donors (Lipinski definition) is 1. The van der Waals surface area contributed by atoms with Crippen molar-refractivity contribution in [2.45, 2.75) is 11.8 Å². The molecule has 25 heavy (non-hydrogen) atoms. The normalized spacial score (nSPS) is 16.0. The molecule has 1 aliphatic heterocycles. The molecule has 1 fully saturated rings. The highest BCUT2D eigenvalue weighted by Crippen LogP contribution is 2.30. The smallest absolute Gasteiger partial charge is 0.263 e. The highest BCUT2D eigenvalue weighted by Gasteiger charge is 2.22. The Morgan fingerprint density at radius 2 is 1.64 bits per heavy atom. The third-order valence-corrected chi connectivity index (χ3v) is 6.30. The maximum Gasteiger partial charge on any atom is 0.263 e. The summed E-state index contributed by atoms with van der Waals surface area (Å²) in [6.45, 7) is 6.89. The zero-order valence-electron chi connectivity index (χ0n) is 14.2. The van der Waals surface area contributed by atoms with E-state index < -0.39 is 10.0 Å². The molecule has 5 nitrogen and oxygen atoms in total. The number of hydrogen-bond acceptors (Lipinski definition) is 4. The Morgan fingerprint density at radius 1 is 1.00 bits per heavy atom. The molecule has 0 atom stereocenters. The van der Waals surface area contributed by atoms with Crippen LogP contribution >= 0.6 is 11.6 Å². The van der Waals surface area contributed by atoms with Crippen molar-refractivity contribution in [3.05, 3.63) is 53.6 Å². The Labute approximate surface area is 154 Å². The van der Waals surface area contributed by atoms with Crippen molar-refractivity contribution in [2.24, 2.45) is 0 Å². The zero-order valence-corrected chi connectivity index (χ0v) is 15.7. The van der Waals surface area contributed by atoms with Gasteiger partial charge in [0.2, 0.25) is 0 Å². The van der Waals surface area contributed by atoms with Gasteiger partial charge in [0.25, 0.3) is 10.0 Å². The van der Waals surface area contributed by atoms with Gasteiger partial charge in [-0.3, -0.25) is 4.72 Å². The number of nitrogens with zero attached hydrogens (tertiary/aromatic N) is 2. The summed E-state index contributed by atoms with van der Waals surface area (Å²) in [6, 6.07) is 13.9. The number of anilines is 2. The van der Waals surface area contributed by atoms with E-state index in [-0.39, 0.29) is 9.92 Å². The lowest BCUT2D eigenvalue weighted by atomic mass is 10.2. The quantitative estimate of drug-likeness (QED) is 0.866. The number of benzene rings is 2. The molecule has 1 saturated heterocycles. The standard InChI is InChI=1S/C18H22ClN3O2S/c1-2-21-11-13-22(14-12-21)17-9-5-4-8-16(17)20-25(23,24)18-10-6-3-7-15(18)19/h3-10,20H,2,11-14H2,1H3. The van der Waals surface area contributed by atoms with Crippen LogP contribution in [0, 0.1) is 0 Å². The van der Waals surface area contributed by atoms with Gasteiger partial charge in [-0.25, -0.2) is 8.42 Å². The Balaban J connectivity index is 1.86. The van der Waals surface area contributed by atoms with E-state index in [1.165, 1.54) is 6.07 Å². The Kier molecular flexibility index (Phi) is 5.51. The Hall–Kier alpha value is -1.76. The predicted octanol–water partition coefficient (Wildman–Crippen LogP) is 3.28. The van der Waals surface area contributed by atoms with Gasteiger partial charge >= 0.3 is 0 Å². The minimum absolute atomic E-state index is 0.0854. The summed E-state index contributed by atoms with van der Waals surface area (Å²) < 4.78 is 28.2. The number of halogens is 1. The molecular formula is C18H22ClN3O2S. The lowest BCUT2D eigenvalue weighted by Crippen LogP contribution is -2.46. The monoisotopic (exact) mass is 379 g/mol. The van der Waals surface area contributed by atoms with Crippen LogP contribution in [0.15, 0.2) is 53.4 Å². The van der Waals surface area contributed by atoms with Crippen molar-refractivity contribution in [1.29, 1.82) is 0 Å². The largest absolute Gasteiger partial charge is 0.367 e. The predicted molar refractivity (Wildman–Crippen MR) is 103 cm³/mol. The van der Waals surface area contributed by atoms with Gasteiger partial charge in [0, 0.05) is 26.2 Å². The van der Waals surface area contributed by atoms with Gasteiger partial charge < -0.3 is 9.80 Å². The third-order valence-electron chi connectivity index (χ3n) is 4.43. The number of para-hydroxylation sites is 2. The molecule has 0 saturated carbocycles. The number of nitrogens with one attached hydrogen (secondary N) is 1. The second kappa shape index (κ2) is 7.64. The van der Waals surface area contributed by atoms with Gasteiger partial charge in [-0.1, -0.05) is 42.8 Å². The summed E-state index contributed by atoms with van der Waals surface area (Å²) in [5.74, 6) is 0. The van der Waals surface area contributed by atoms with Crippen LogP contribution in [0.4, 0.5) is 11.4 Å². The van der Waals surface area contributed by atoms with Crippen molar-refractivity contribution < 1.29 is 8.42 Å². The number of likely N-dealkylation sites (N-methyl/N-ethyl adjacent to an activating group) is 1. The van der Waals surface area contributed by atoms with Crippen LogP contribution in [0.2, 0.25) is 5.02 Å². The average Bonchev–Trinajstić information content (AvgIpc) is 2.62. The molecule has 0 aliphatic carbocycles. The average molecular weight is 380 g/mol. The topological polar surface area (TPSA) is 52.6 Å². The van der Waals surface area contributed by atoms with Gasteiger partial charge in [0.15, 0.2) is 0 Å². The van der Waals surface area contributed by atoms with E-state index in [0.29, 0.717) is 5.69 Å². The van der Waals surface area contributed by atoms with Gasteiger partial charge in [0.05, 0.1) is 16.4 Å². The highest BCUT2D eigenvalue weighted by atomic mass is 35.5. The first-order valence-electron chi connectivity index (χ1n) is 8.35. The summed E-state index contributed by atoms with van der Waals surface area (Å²) in [6.07, 6.45) is 0. The lowest BCUT2D eigenvalue weighted by Gasteiger charge is -2.36. The van der Waals surface area contributed by atoms with Crippen LogP contribution in [-0.4, -0.2) is 46.0 Å². The van der Waals surface area contributed by atoms with Crippen LogP contribution in [0.25, 0.3) is 0 Å². The van der Waals surface area contributed by atoms with E-state index in [9.17, 15) is 8.42 Å². The molecule has 0 spiro atoms. The molecule has 1 heterocycles. The molecule has 134 valence electrons. The summed E-state index contributed by atoms with van der Waals surface area (Å²) in [5.41, 5.74) is 1.47. The van der Waals surface area contributed by atoms with E-state index in [0.717, 1.165) is 38.4 Å². The highest BCUT2D eigenvalue weighted by molar-refractivity contribution is 7.92. The van der Waals surface area contributed by atoms with Crippen molar-refractivity contribution >= 4 is 33.0 Å². The van der Waals surface area contributed by atoms with E-state index in [4.69, 9.17) is 11.6 Å². The maximum absolute atomic E-state index is 12.7. The van der Waals surface area contributed by atoms with E-state index in [1.807, 2.05) is 18.2 Å². The SMILES string of the molecule is CCN1CCN(c2ccccc2NS(=O)(=O)c2ccccc2Cl)CC1. The number of piperazine rings is 1. The van der Waals surface area contributed by atoms with Gasteiger partial charge in [-0.15, -0.1) is 0 Å². The number of sulfonamides is 1. The molecule has 2 aromatic carbocycles. The fraction of sp³-hybridized carbons (Fsp3) is 0.333. The van der Waals surface area contributed by atoms with Crippen LogP contribution < -0.4 is 9.62 Å². The second-order valence-electron chi connectivity index (χ2n) is 5.97. The molecule has 3 rings (SSSR count). The summed E-state index contributed by atoms with van der Waals surface area (Å²) >= 11 is 6.06. The second-order valence-corrected chi connectivity index (χ2v) is 8.03. The summed E-state index contributed by atoms with van der Waals surface area (Å²) in [5, 5.41) is 0.212. The van der Waals surface area contributed by atoms with Crippen LogP contribution in [0.3, 0.4) is 0 Å². The van der Waals surface area contributed by atoms with Crippen LogP contribution in [0.1, 0.15) is 6.92 Å². The minimum Gasteiger partial charge on any atom is -0.367 e. The molecule has 0 unspecified atom stereocenters. The fourth-order valence-corrected chi connectivity index (χ4v) is 4.60. The first-order chi connectivity index (χ1) is 12.0. The maximum atomic E-state index is 12.7. The Bertz CT molecular complexity index is 834. The van der Waals surface area contributed by atoms with Gasteiger partial charge in [-0.05, 0) is 30.8 Å². The lowest BCUT2D eigenvalue weighted by molar-refractivity contribution is 0.271. The third kappa shape index (κ3) is 4.08. The van der Waals surface area contributed by atoms with Crippen molar-refractivity contribution in [1.82, 2.24) is 4.90 Å². The first kappa shape index (κ1) is 18.0. The molecule has 0 amide bonds. The Morgan fingerprint density at radius 3 is 2.32 bits per heavy atom. The van der Waals surface area contributed by atoms with E-state index in [2.05, 4.69) is 21.4 Å². The molecule has 0 aromatic heterocycles. The van der Waals surface area contributed by atoms with E-state index in [1.54, 1.807) is 24.3 Å². The molecule has 1 N–H and O–H groups in total. The van der Waals surface area contributed by atoms with E-state index >= 15 is 0 Å². The van der Waals surface area contributed by atoms with Gasteiger partial charge in [-0.2, -0.15) is 0 Å². The molecule has 2 aromatic rings. The molecule has 0 bridgehead atoms. The van der Waals surface area contributed by atoms with Crippen LogP contribution in [-0.2, 0) is 10.0 Å². The minimum atomic E-state index is -3.74. The first-order valence-corrected chi connectivity index (χ1v) is 10.2. The zero-order chi connectivity index (χ0) is 17.9. The van der Waals surface area contributed by atoms with Crippen LogP contribution in [0.5, 0.6) is 0 Å². The summed E-state index contributed by atoms with van der Waals surface area (Å²) in [7, 11) is -3.74. The number of rotatable bonds is 5. The van der Waals surface area contributed by atoms with Gasteiger partial charge in [0.1, 0.15) is 4.90 Å². The molecule has 7 heteroatoms. The fourth-order valence-electron chi connectivity index (χ4n) is 3.00. The molecular weight excluding hydrogens is 358 g/mol. The van der Waals surface area contributed by atoms with Crippen molar-refractivity contribution in [2.75, 3.05) is 42.3 Å². The molecule has 0 radical (unpaired) electrons. The summed E-state index contributed by atoms with van der Waals surface area (Å²) in [4.78, 5) is 4.69. The van der Waals surface area contributed by atoms with Crippen molar-refractivity contribution in [3.63, 3.8) is 0 Å². The van der Waals surface area contributed by atoms with Crippen molar-refractivity contribution in [3.8, 4) is 0 Å².